The van der Waals surface area contributed by atoms with Gasteiger partial charge in [-0.25, -0.2) is 14.3 Å². The minimum atomic E-state index is -0.743. The lowest BCUT2D eigenvalue weighted by atomic mass is 10.0. The summed E-state index contributed by atoms with van der Waals surface area (Å²) in [6.07, 6.45) is 6.30. The Bertz CT molecular complexity index is 1630. The summed E-state index contributed by atoms with van der Waals surface area (Å²) in [5.74, 6) is 0.661. The van der Waals surface area contributed by atoms with Crippen molar-refractivity contribution in [1.82, 2.24) is 29.7 Å². The number of piperidine rings is 2. The van der Waals surface area contributed by atoms with Crippen LogP contribution in [-0.4, -0.2) is 112 Å². The van der Waals surface area contributed by atoms with E-state index in [9.17, 15) is 14.7 Å². The maximum absolute atomic E-state index is 13.6. The van der Waals surface area contributed by atoms with Gasteiger partial charge in [0, 0.05) is 51.4 Å². The number of likely N-dealkylation sites (tertiary alicyclic amines) is 1. The largest absolute Gasteiger partial charge is 0.489 e. The second-order valence-corrected chi connectivity index (χ2v) is 14.5. The molecule has 4 N–H and O–H groups in total. The second kappa shape index (κ2) is 13.3. The lowest BCUT2D eigenvalue weighted by Gasteiger charge is -2.35. The fraction of sp³-hybridized carbons (Fsp3) is 0.548. The molecule has 2 amide bonds. The maximum Gasteiger partial charge on any atom is 0.410 e. The number of fused-ring (bicyclic) bond motifs is 1. The summed E-state index contributed by atoms with van der Waals surface area (Å²) in [6.45, 7) is 8.07. The zero-order chi connectivity index (χ0) is 32.6. The van der Waals surface area contributed by atoms with E-state index in [4.69, 9.17) is 26.8 Å². The van der Waals surface area contributed by atoms with Crippen molar-refractivity contribution in [3.05, 3.63) is 39.4 Å². The quantitative estimate of drug-likeness (QED) is 0.324. The number of carbonyl (C=O) groups excluding carboxylic acids is 2. The van der Waals surface area contributed by atoms with Crippen molar-refractivity contribution in [2.75, 3.05) is 63.6 Å². The van der Waals surface area contributed by atoms with Gasteiger partial charge in [0.15, 0.2) is 5.82 Å². The zero-order valence-electron chi connectivity index (χ0n) is 26.4. The van der Waals surface area contributed by atoms with E-state index in [0.29, 0.717) is 52.5 Å². The highest BCUT2D eigenvalue weighted by Crippen LogP contribution is 2.37. The summed E-state index contributed by atoms with van der Waals surface area (Å²) in [5.41, 5.74) is 8.98. The van der Waals surface area contributed by atoms with Crippen LogP contribution in [-0.2, 0) is 4.74 Å². The van der Waals surface area contributed by atoms with E-state index in [1.165, 1.54) is 24.8 Å². The molecule has 0 aliphatic carbocycles. The molecule has 3 aromatic rings. The van der Waals surface area contributed by atoms with E-state index >= 15 is 0 Å². The maximum atomic E-state index is 13.6. The first-order chi connectivity index (χ1) is 22.0. The van der Waals surface area contributed by atoms with Crippen LogP contribution in [0.25, 0.3) is 11.1 Å². The smallest absolute Gasteiger partial charge is 0.410 e. The van der Waals surface area contributed by atoms with Gasteiger partial charge in [-0.3, -0.25) is 4.79 Å². The van der Waals surface area contributed by atoms with Gasteiger partial charge >= 0.3 is 6.09 Å². The third-order valence-electron chi connectivity index (χ3n) is 8.65. The molecule has 6 heterocycles. The number of nitrogen functional groups attached to an aromatic ring is 1. The van der Waals surface area contributed by atoms with E-state index in [1.54, 1.807) is 15.5 Å². The Hall–Kier alpha value is -3.59. The predicted octanol–water partition coefficient (Wildman–Crippen LogP) is 3.50. The van der Waals surface area contributed by atoms with Gasteiger partial charge in [-0.2, -0.15) is 5.10 Å². The summed E-state index contributed by atoms with van der Waals surface area (Å²) in [5, 5.41) is 17.9. The van der Waals surface area contributed by atoms with Gasteiger partial charge in [-0.05, 0) is 51.2 Å². The number of amides is 2. The molecule has 2 saturated heterocycles. The van der Waals surface area contributed by atoms with Crippen molar-refractivity contribution in [1.29, 1.82) is 0 Å². The fourth-order valence-electron chi connectivity index (χ4n) is 6.60. The topological polar surface area (TPSA) is 151 Å². The number of nitrogens with one attached hydrogen (secondary N) is 1. The van der Waals surface area contributed by atoms with Gasteiger partial charge in [0.05, 0.1) is 35.0 Å². The average Bonchev–Trinajstić information content (AvgIpc) is 3.75. The van der Waals surface area contributed by atoms with Crippen LogP contribution in [0.15, 0.2) is 24.5 Å². The molecule has 6 rings (SSSR count). The zero-order valence-corrected chi connectivity index (χ0v) is 27.9. The number of anilines is 2. The third kappa shape index (κ3) is 7.04. The van der Waals surface area contributed by atoms with Crippen LogP contribution in [0, 0.1) is 0 Å². The molecule has 3 aliphatic heterocycles. The van der Waals surface area contributed by atoms with Gasteiger partial charge < -0.3 is 40.3 Å². The first-order valence-corrected chi connectivity index (χ1v) is 16.8. The Morgan fingerprint density at radius 2 is 2.00 bits per heavy atom. The van der Waals surface area contributed by atoms with Gasteiger partial charge in [0.25, 0.3) is 5.91 Å². The highest BCUT2D eigenvalue weighted by atomic mass is 35.5. The van der Waals surface area contributed by atoms with E-state index in [0.717, 1.165) is 62.3 Å². The van der Waals surface area contributed by atoms with Crippen molar-refractivity contribution < 1.29 is 24.2 Å². The van der Waals surface area contributed by atoms with Crippen LogP contribution < -0.4 is 20.7 Å². The summed E-state index contributed by atoms with van der Waals surface area (Å²) >= 11 is 7.61. The van der Waals surface area contributed by atoms with Crippen molar-refractivity contribution in [2.45, 2.75) is 57.3 Å². The SMILES string of the molecule is COC(=O)N1CC=C(c2cc(N3CCC[C@@H](NC(=O)c4sc(Cl)cc4OC4CCN(CC(C)(C)O)CC4)C3)c3c(N)ncnn23)C1. The van der Waals surface area contributed by atoms with Crippen LogP contribution in [0.3, 0.4) is 0 Å². The summed E-state index contributed by atoms with van der Waals surface area (Å²) in [4.78, 5) is 36.5. The Balaban J connectivity index is 1.14. The molecule has 46 heavy (non-hydrogen) atoms. The molecule has 2 fully saturated rings. The first-order valence-electron chi connectivity index (χ1n) is 15.6. The number of carbonyl (C=O) groups is 2. The Kier molecular flexibility index (Phi) is 9.33. The molecule has 1 atom stereocenters. The molecule has 3 aromatic heterocycles. The van der Waals surface area contributed by atoms with Crippen LogP contribution >= 0.6 is 22.9 Å². The molecule has 0 bridgehead atoms. The van der Waals surface area contributed by atoms with Crippen LogP contribution in [0.4, 0.5) is 16.3 Å². The van der Waals surface area contributed by atoms with Gasteiger partial charge in [-0.15, -0.1) is 11.3 Å². The number of aliphatic hydroxyl groups is 1. The van der Waals surface area contributed by atoms with Gasteiger partial charge in [0.1, 0.15) is 28.6 Å². The van der Waals surface area contributed by atoms with E-state index < -0.39 is 5.60 Å². The number of aromatic nitrogens is 3. The van der Waals surface area contributed by atoms with Crippen LogP contribution in [0.2, 0.25) is 4.34 Å². The molecule has 0 radical (unpaired) electrons. The van der Waals surface area contributed by atoms with Crippen LogP contribution in [0.1, 0.15) is 54.9 Å². The molecular formula is C31H41ClN8O5S. The minimum absolute atomic E-state index is 0.0277. The first kappa shape index (κ1) is 32.4. The number of methoxy groups -OCH3 is 1. The molecule has 0 spiro atoms. The predicted molar refractivity (Wildman–Crippen MR) is 178 cm³/mol. The number of nitrogens with two attached hydrogens (primary N) is 1. The number of rotatable bonds is 8. The average molecular weight is 673 g/mol. The number of halogens is 1. The van der Waals surface area contributed by atoms with Gasteiger partial charge in [-0.1, -0.05) is 17.7 Å². The molecule has 3 aliphatic rings. The van der Waals surface area contributed by atoms with E-state index in [2.05, 4.69) is 25.2 Å². The lowest BCUT2D eigenvalue weighted by molar-refractivity contribution is 0.0139. The third-order valence-corrected chi connectivity index (χ3v) is 9.90. The van der Waals surface area contributed by atoms with E-state index in [1.807, 2.05) is 26.0 Å². The van der Waals surface area contributed by atoms with Crippen molar-refractivity contribution >= 4 is 57.5 Å². The standard InChI is InChI=1S/C31H41ClN8O5S/c1-31(2,43)17-37-10-7-21(8-11-37)45-24-14-25(32)46-27(24)29(41)36-20-5-4-9-38(16-20)23-13-22(40-26(23)28(33)34-18-35-40)19-6-12-39(15-19)30(42)44-3/h6,13-14,18,20-21,43H,4-5,7-12,15-17H2,1-3H3,(H,36,41)(H2,33,34,35)/t20-/m1/s1. The fourth-order valence-corrected chi connectivity index (χ4v) is 7.65. The van der Waals surface area contributed by atoms with Crippen LogP contribution in [0.5, 0.6) is 5.75 Å². The lowest BCUT2D eigenvalue weighted by Crippen LogP contribution is -2.48. The Morgan fingerprint density at radius 1 is 1.22 bits per heavy atom. The monoisotopic (exact) mass is 672 g/mol. The van der Waals surface area contributed by atoms with Gasteiger partial charge in [0.2, 0.25) is 0 Å². The van der Waals surface area contributed by atoms with E-state index in [-0.39, 0.29) is 24.1 Å². The molecule has 0 aromatic carbocycles. The summed E-state index contributed by atoms with van der Waals surface area (Å²) in [6, 6.07) is 3.65. The molecule has 15 heteroatoms. The second-order valence-electron chi connectivity index (χ2n) is 12.8. The van der Waals surface area contributed by atoms with Crippen molar-refractivity contribution in [2.24, 2.45) is 0 Å². The number of hydrogen-bond donors (Lipinski definition) is 3. The molecule has 13 nitrogen and oxygen atoms in total. The summed E-state index contributed by atoms with van der Waals surface area (Å²) in [7, 11) is 1.37. The Morgan fingerprint density at radius 3 is 2.74 bits per heavy atom. The number of ether oxygens (including phenoxy) is 2. The van der Waals surface area contributed by atoms with Crippen molar-refractivity contribution in [3.63, 3.8) is 0 Å². The molecular weight excluding hydrogens is 632 g/mol. The number of hydrogen-bond acceptors (Lipinski definition) is 11. The normalized spacial score (nSPS) is 19.8. The minimum Gasteiger partial charge on any atom is -0.489 e. The number of nitrogens with zero attached hydrogens (tertiary/aromatic N) is 6. The molecule has 0 saturated carbocycles. The van der Waals surface area contributed by atoms with Crippen molar-refractivity contribution in [3.8, 4) is 5.75 Å². The number of β-amino-alcohol motifs (C(OH)–C–C–N with tert-alkyl or cyclic N) is 1. The highest BCUT2D eigenvalue weighted by Gasteiger charge is 2.31. The molecule has 0 unspecified atom stereocenters. The highest BCUT2D eigenvalue weighted by molar-refractivity contribution is 7.18. The number of thiophene rings is 1. The molecule has 248 valence electrons. The summed E-state index contributed by atoms with van der Waals surface area (Å²) < 4.78 is 13.5. The Labute approximate surface area is 276 Å².